The van der Waals surface area contributed by atoms with Gasteiger partial charge in [0, 0.05) is 46.3 Å². The quantitative estimate of drug-likeness (QED) is 0.0827. The molecule has 72 heavy (non-hydrogen) atoms. The van der Waals surface area contributed by atoms with Crippen LogP contribution in [0.4, 0.5) is 13.2 Å². The Bertz CT molecular complexity index is 3210. The summed E-state index contributed by atoms with van der Waals surface area (Å²) < 4.78 is 40.5. The van der Waals surface area contributed by atoms with Crippen LogP contribution in [0.1, 0.15) is 5.69 Å². The van der Waals surface area contributed by atoms with E-state index in [9.17, 15) is 13.2 Å². The summed E-state index contributed by atoms with van der Waals surface area (Å²) in [5.41, 5.74) is 10.2. The second-order valence-corrected chi connectivity index (χ2v) is 21.1. The van der Waals surface area contributed by atoms with Crippen LogP contribution in [0.3, 0.4) is 0 Å². The number of nitrogens with zero attached hydrogens (tertiary/aromatic N) is 3. The first-order valence-corrected chi connectivity index (χ1v) is 25.9. The largest absolute Gasteiger partial charge is 3.00 e. The number of pyridine rings is 1. The maximum absolute atomic E-state index is 12.0. The van der Waals surface area contributed by atoms with E-state index in [1.165, 1.54) is 77.3 Å². The Morgan fingerprint density at radius 3 is 1.17 bits per heavy atom. The van der Waals surface area contributed by atoms with Crippen LogP contribution in [0.15, 0.2) is 261 Å². The van der Waals surface area contributed by atoms with Crippen molar-refractivity contribution >= 4 is 80.9 Å². The van der Waals surface area contributed by atoms with Crippen LogP contribution < -0.4 is 31.8 Å². The van der Waals surface area contributed by atoms with Crippen LogP contribution in [-0.2, 0) is 20.1 Å². The molecule has 0 unspecified atom stereocenters. The van der Waals surface area contributed by atoms with Gasteiger partial charge in [0.15, 0.2) is 0 Å². The average Bonchev–Trinajstić information content (AvgIpc) is 4.00. The molecular formula is C61H47F3IrN5P2+2. The molecular weight excluding hydrogens is 1110 g/mol. The van der Waals surface area contributed by atoms with Crippen LogP contribution in [-0.4, -0.2) is 26.0 Å². The molecule has 0 bridgehead atoms. The van der Waals surface area contributed by atoms with Crippen molar-refractivity contribution < 1.29 is 33.3 Å². The Hall–Kier alpha value is -7.50. The molecule has 0 saturated carbocycles. The SMILES string of the molecule is N=C(/C=C(\[NH-])c1ccccn1)C(F)(F)F.[Ir+3].[c-]1cccc2c1c([PH+](c1ccccc1)c1ccccc1)cn2-c1ccccc1.[c-]1cccc2c1c([PH+](c1ccccc1)c1ccccc1)cn2-c1ccccc1. The van der Waals surface area contributed by atoms with Gasteiger partial charge >= 0.3 is 26.3 Å². The molecule has 11 rings (SSSR count). The van der Waals surface area contributed by atoms with Crippen LogP contribution >= 0.6 is 15.8 Å². The van der Waals surface area contributed by atoms with Gasteiger partial charge in [-0.1, -0.05) is 126 Å². The number of aromatic nitrogens is 3. The summed E-state index contributed by atoms with van der Waals surface area (Å²) in [5, 5.41) is 17.4. The Morgan fingerprint density at radius 1 is 0.486 bits per heavy atom. The van der Waals surface area contributed by atoms with Crippen LogP contribution in [0.2, 0.25) is 0 Å². The maximum atomic E-state index is 12.0. The second kappa shape index (κ2) is 24.1. The first-order chi connectivity index (χ1) is 34.7. The number of fused-ring (bicyclic) bond motifs is 2. The number of rotatable bonds is 10. The molecule has 0 radical (unpaired) electrons. The van der Waals surface area contributed by atoms with Gasteiger partial charge in [-0.15, -0.1) is 54.2 Å². The number of para-hydroxylation sites is 2. The zero-order valence-electron chi connectivity index (χ0n) is 38.6. The summed E-state index contributed by atoms with van der Waals surface area (Å²) >= 11 is 0. The fourth-order valence-corrected chi connectivity index (χ4v) is 13.8. The zero-order chi connectivity index (χ0) is 49.0. The number of allylic oxidation sites excluding steroid dienone is 1. The molecule has 11 aromatic rings. The van der Waals surface area contributed by atoms with Gasteiger partial charge in [-0.05, 0) is 102 Å². The number of hydrogen-bond acceptors (Lipinski definition) is 2. The molecule has 0 amide bonds. The molecule has 3 aromatic heterocycles. The molecule has 8 aromatic carbocycles. The van der Waals surface area contributed by atoms with Crippen molar-refractivity contribution in [3.63, 3.8) is 0 Å². The van der Waals surface area contributed by atoms with E-state index in [4.69, 9.17) is 11.1 Å². The van der Waals surface area contributed by atoms with E-state index >= 15 is 0 Å². The van der Waals surface area contributed by atoms with Gasteiger partial charge in [0.05, 0.1) is 37.1 Å². The second-order valence-electron chi connectivity index (χ2n) is 16.3. The number of hydrogen-bond donors (Lipinski definition) is 1. The third-order valence-corrected chi connectivity index (χ3v) is 17.1. The van der Waals surface area contributed by atoms with E-state index in [-0.39, 0.29) is 25.8 Å². The molecule has 354 valence electrons. The van der Waals surface area contributed by atoms with E-state index in [0.29, 0.717) is 6.08 Å². The molecule has 3 heterocycles. The smallest absolute Gasteiger partial charge is 0.697 e. The van der Waals surface area contributed by atoms with Gasteiger partial charge in [0.2, 0.25) is 0 Å². The molecule has 0 atom stereocenters. The Morgan fingerprint density at radius 2 is 0.833 bits per heavy atom. The minimum atomic E-state index is -4.72. The van der Waals surface area contributed by atoms with Crippen molar-refractivity contribution in [1.82, 2.24) is 14.1 Å². The van der Waals surface area contributed by atoms with E-state index in [0.717, 1.165) is 0 Å². The normalized spacial score (nSPS) is 11.3. The zero-order valence-corrected chi connectivity index (χ0v) is 43.0. The molecule has 5 nitrogen and oxygen atoms in total. The van der Waals surface area contributed by atoms with E-state index in [1.807, 2.05) is 12.1 Å². The first-order valence-electron chi connectivity index (χ1n) is 22.9. The predicted molar refractivity (Wildman–Crippen MR) is 295 cm³/mol. The summed E-state index contributed by atoms with van der Waals surface area (Å²) in [7, 11) is -2.28. The fraction of sp³-hybridized carbons (Fsp3) is 0.0164. The van der Waals surface area contributed by atoms with Gasteiger partial charge in [0.25, 0.3) is 0 Å². The number of nitrogens with one attached hydrogen (secondary N) is 2. The summed E-state index contributed by atoms with van der Waals surface area (Å²) in [6.07, 6.45) is 1.73. The third kappa shape index (κ3) is 12.0. The Balaban J connectivity index is 0.000000151. The van der Waals surface area contributed by atoms with E-state index < -0.39 is 33.4 Å². The standard InChI is InChI=1S/2C26H19NP.C9H7F3N3.Ir/c2*1-4-12-21(13-5-1)27-20-26(24-18-10-11-19-25(24)27)28(22-14-6-2-7-15-22)23-16-8-3-9-17-23;10-9(11,12)8(14)5-6(13)7-3-1-2-4-15-7;/h2*1-17,19-20H;1-5,13-14H;/q3*-1;+3/p+2/b;;6-5-,14-8?;. The minimum Gasteiger partial charge on any atom is -0.697 e. The Kier molecular flexibility index (Phi) is 17.0. The first kappa shape index (κ1) is 50.9. The molecule has 0 aliphatic carbocycles. The molecule has 0 saturated heterocycles. The van der Waals surface area contributed by atoms with Crippen LogP contribution in [0.5, 0.6) is 0 Å². The summed E-state index contributed by atoms with van der Waals surface area (Å²) in [4.78, 5) is 3.69. The van der Waals surface area contributed by atoms with E-state index in [2.05, 4.69) is 245 Å². The van der Waals surface area contributed by atoms with Crippen LogP contribution in [0.25, 0.3) is 44.6 Å². The van der Waals surface area contributed by atoms with Crippen molar-refractivity contribution in [2.75, 3.05) is 0 Å². The molecule has 0 fully saturated rings. The van der Waals surface area contributed by atoms with Crippen molar-refractivity contribution in [1.29, 1.82) is 5.41 Å². The minimum absolute atomic E-state index is 0. The Labute approximate surface area is 433 Å². The summed E-state index contributed by atoms with van der Waals surface area (Å²) in [5.74, 6) is 0. The molecule has 11 heteroatoms. The van der Waals surface area contributed by atoms with Gasteiger partial charge < -0.3 is 14.9 Å². The monoisotopic (exact) mass is 1160 g/mol. The van der Waals surface area contributed by atoms with E-state index in [1.54, 1.807) is 12.1 Å². The molecule has 0 spiro atoms. The van der Waals surface area contributed by atoms with Crippen molar-refractivity contribution in [3.8, 4) is 11.4 Å². The van der Waals surface area contributed by atoms with Crippen molar-refractivity contribution in [2.24, 2.45) is 0 Å². The number of halogens is 3. The topological polar surface area (TPSA) is 70.4 Å². The maximum Gasteiger partial charge on any atom is 3.00 e. The van der Waals surface area contributed by atoms with Gasteiger partial charge in [-0.2, -0.15) is 13.2 Å². The van der Waals surface area contributed by atoms with Gasteiger partial charge in [0.1, 0.15) is 5.71 Å². The third-order valence-electron chi connectivity index (χ3n) is 11.6. The van der Waals surface area contributed by atoms with Crippen molar-refractivity contribution in [2.45, 2.75) is 6.18 Å². The summed E-state index contributed by atoms with van der Waals surface area (Å²) in [6, 6.07) is 88.9. The average molecular weight is 1160 g/mol. The number of benzene rings is 8. The molecule has 0 aliphatic heterocycles. The van der Waals surface area contributed by atoms with Gasteiger partial charge in [-0.3, -0.25) is 10.4 Å². The molecule has 2 N–H and O–H groups in total. The fourth-order valence-electron chi connectivity index (χ4n) is 8.40. The number of alkyl halides is 3. The van der Waals surface area contributed by atoms with Crippen LogP contribution in [0, 0.1) is 17.5 Å². The van der Waals surface area contributed by atoms with Crippen molar-refractivity contribution in [3.05, 3.63) is 285 Å². The summed E-state index contributed by atoms with van der Waals surface area (Å²) in [6.45, 7) is 0. The predicted octanol–water partition coefficient (Wildman–Crippen LogP) is 12.9. The molecule has 0 aliphatic rings. The van der Waals surface area contributed by atoms with Gasteiger partial charge in [-0.25, -0.2) is 0 Å².